The van der Waals surface area contributed by atoms with Crippen molar-refractivity contribution in [3.8, 4) is 0 Å². The van der Waals surface area contributed by atoms with Crippen molar-refractivity contribution < 1.29 is 24.3 Å². The molecule has 1 aliphatic rings. The maximum atomic E-state index is 12.4. The Morgan fingerprint density at radius 2 is 1.73 bits per heavy atom. The number of carboxylic acid groups (broad SMARTS) is 1. The normalized spacial score (nSPS) is 12.9. The van der Waals surface area contributed by atoms with Crippen LogP contribution in [0, 0.1) is 0 Å². The topological polar surface area (TPSA) is 104 Å². The van der Waals surface area contributed by atoms with Crippen LogP contribution in [0.5, 0.6) is 0 Å². The summed E-state index contributed by atoms with van der Waals surface area (Å²) in [6.45, 7) is -0.205. The number of aliphatic carboxylic acids is 1. The molecule has 26 heavy (non-hydrogen) atoms. The number of benzene rings is 2. The number of carboxylic acids is 1. The van der Waals surface area contributed by atoms with Gasteiger partial charge in [-0.25, -0.2) is 0 Å². The molecule has 0 saturated heterocycles. The van der Waals surface area contributed by atoms with Gasteiger partial charge in [-0.3, -0.25) is 24.1 Å². The van der Waals surface area contributed by atoms with E-state index in [9.17, 15) is 19.2 Å². The summed E-state index contributed by atoms with van der Waals surface area (Å²) in [6, 6.07) is 10.8. The highest BCUT2D eigenvalue weighted by atomic mass is 35.5. The van der Waals surface area contributed by atoms with Crippen molar-refractivity contribution >= 4 is 41.0 Å². The number of anilines is 1. The Labute approximate surface area is 153 Å². The van der Waals surface area contributed by atoms with Crippen molar-refractivity contribution in [3.05, 3.63) is 64.2 Å². The van der Waals surface area contributed by atoms with E-state index in [0.717, 1.165) is 4.90 Å². The molecule has 0 fully saturated rings. The SMILES string of the molecule is O=C(O)CCN1C(=O)c2ccc(NC(=O)c3ccccc3Cl)cc2C1=O. The fraction of sp³-hybridized carbons (Fsp3) is 0.111. The second-order valence-electron chi connectivity index (χ2n) is 5.60. The summed E-state index contributed by atoms with van der Waals surface area (Å²) in [7, 11) is 0. The number of hydrogen-bond acceptors (Lipinski definition) is 4. The predicted molar refractivity (Wildman–Crippen MR) is 93.5 cm³/mol. The van der Waals surface area contributed by atoms with Crippen LogP contribution in [0.4, 0.5) is 5.69 Å². The van der Waals surface area contributed by atoms with Crippen molar-refractivity contribution in [2.45, 2.75) is 6.42 Å². The minimum absolute atomic E-state index is 0.123. The Morgan fingerprint density at radius 1 is 1.04 bits per heavy atom. The molecule has 0 aliphatic carbocycles. The van der Waals surface area contributed by atoms with E-state index in [0.29, 0.717) is 5.69 Å². The van der Waals surface area contributed by atoms with Crippen LogP contribution >= 0.6 is 11.6 Å². The van der Waals surface area contributed by atoms with E-state index >= 15 is 0 Å². The fourth-order valence-corrected chi connectivity index (χ4v) is 2.84. The molecule has 0 unspecified atom stereocenters. The van der Waals surface area contributed by atoms with E-state index in [-0.39, 0.29) is 34.7 Å². The Morgan fingerprint density at radius 3 is 2.42 bits per heavy atom. The number of fused-ring (bicyclic) bond motifs is 1. The molecule has 0 spiro atoms. The lowest BCUT2D eigenvalue weighted by molar-refractivity contribution is -0.137. The maximum Gasteiger partial charge on any atom is 0.305 e. The number of carbonyl (C=O) groups is 4. The Balaban J connectivity index is 1.82. The van der Waals surface area contributed by atoms with Crippen molar-refractivity contribution in [2.24, 2.45) is 0 Å². The van der Waals surface area contributed by atoms with Crippen LogP contribution < -0.4 is 5.32 Å². The molecule has 3 amide bonds. The molecular formula is C18H13ClN2O5. The summed E-state index contributed by atoms with van der Waals surface area (Å²) in [5, 5.41) is 11.6. The number of carbonyl (C=O) groups excluding carboxylic acids is 3. The summed E-state index contributed by atoms with van der Waals surface area (Å²) < 4.78 is 0. The fourth-order valence-electron chi connectivity index (χ4n) is 2.62. The van der Waals surface area contributed by atoms with E-state index in [2.05, 4.69) is 5.32 Å². The van der Waals surface area contributed by atoms with Crippen molar-refractivity contribution in [1.82, 2.24) is 4.90 Å². The molecule has 2 aromatic carbocycles. The van der Waals surface area contributed by atoms with Crippen LogP contribution in [-0.4, -0.2) is 40.2 Å². The largest absolute Gasteiger partial charge is 0.481 e. The van der Waals surface area contributed by atoms with Gasteiger partial charge in [-0.2, -0.15) is 0 Å². The Kier molecular flexibility index (Phi) is 4.73. The van der Waals surface area contributed by atoms with Crippen LogP contribution in [0.3, 0.4) is 0 Å². The minimum atomic E-state index is -1.10. The molecule has 7 nitrogen and oxygen atoms in total. The lowest BCUT2D eigenvalue weighted by Gasteiger charge is -2.11. The van der Waals surface area contributed by atoms with E-state index in [1.807, 2.05) is 0 Å². The molecular weight excluding hydrogens is 360 g/mol. The highest BCUT2D eigenvalue weighted by Gasteiger charge is 2.35. The van der Waals surface area contributed by atoms with Crippen LogP contribution in [0.2, 0.25) is 5.02 Å². The number of amides is 3. The standard InChI is InChI=1S/C18H13ClN2O5/c19-14-4-2-1-3-12(14)16(24)20-10-5-6-11-13(9-10)18(26)21(17(11)25)8-7-15(22)23/h1-6,9H,7-8H2,(H,20,24)(H,22,23). The number of nitrogens with zero attached hydrogens (tertiary/aromatic N) is 1. The molecule has 0 radical (unpaired) electrons. The van der Waals surface area contributed by atoms with Crippen molar-refractivity contribution in [2.75, 3.05) is 11.9 Å². The number of halogens is 1. The van der Waals surface area contributed by atoms with Gasteiger partial charge < -0.3 is 10.4 Å². The molecule has 2 N–H and O–H groups in total. The second-order valence-corrected chi connectivity index (χ2v) is 6.01. The smallest absolute Gasteiger partial charge is 0.305 e. The van der Waals surface area contributed by atoms with Gasteiger partial charge in [-0.15, -0.1) is 0 Å². The number of nitrogens with one attached hydrogen (secondary N) is 1. The first kappa shape index (κ1) is 17.6. The monoisotopic (exact) mass is 372 g/mol. The molecule has 1 aliphatic heterocycles. The second kappa shape index (κ2) is 6.97. The average molecular weight is 373 g/mol. The lowest BCUT2D eigenvalue weighted by atomic mass is 10.1. The van der Waals surface area contributed by atoms with Crippen molar-refractivity contribution in [1.29, 1.82) is 0 Å². The molecule has 132 valence electrons. The molecule has 0 aromatic heterocycles. The van der Waals surface area contributed by atoms with E-state index in [1.165, 1.54) is 18.2 Å². The van der Waals surface area contributed by atoms with Gasteiger partial charge in [0.2, 0.25) is 0 Å². The minimum Gasteiger partial charge on any atom is -0.481 e. The summed E-state index contributed by atoms with van der Waals surface area (Å²) in [5.74, 6) is -2.68. The zero-order valence-corrected chi connectivity index (χ0v) is 14.1. The molecule has 0 bridgehead atoms. The third-order valence-corrected chi connectivity index (χ3v) is 4.23. The first-order valence-electron chi connectivity index (χ1n) is 7.66. The molecule has 2 aromatic rings. The van der Waals surface area contributed by atoms with Crippen LogP contribution in [0.25, 0.3) is 0 Å². The van der Waals surface area contributed by atoms with E-state index in [1.54, 1.807) is 24.3 Å². The highest BCUT2D eigenvalue weighted by Crippen LogP contribution is 2.26. The summed E-state index contributed by atoms with van der Waals surface area (Å²) in [6.07, 6.45) is -0.332. The highest BCUT2D eigenvalue weighted by molar-refractivity contribution is 6.34. The molecule has 3 rings (SSSR count). The number of hydrogen-bond donors (Lipinski definition) is 2. The lowest BCUT2D eigenvalue weighted by Crippen LogP contribution is -2.31. The van der Waals surface area contributed by atoms with Gasteiger partial charge in [0.1, 0.15) is 0 Å². The van der Waals surface area contributed by atoms with E-state index in [4.69, 9.17) is 16.7 Å². The molecule has 0 saturated carbocycles. The first-order valence-corrected chi connectivity index (χ1v) is 8.04. The molecule has 8 heteroatoms. The predicted octanol–water partition coefficient (Wildman–Crippen LogP) is 2.66. The van der Waals surface area contributed by atoms with Gasteiger partial charge in [0.05, 0.1) is 28.1 Å². The van der Waals surface area contributed by atoms with Gasteiger partial charge in [-0.1, -0.05) is 23.7 Å². The first-order chi connectivity index (χ1) is 12.4. The van der Waals surface area contributed by atoms with Gasteiger partial charge in [0, 0.05) is 12.2 Å². The average Bonchev–Trinajstić information content (AvgIpc) is 2.84. The van der Waals surface area contributed by atoms with Crippen molar-refractivity contribution in [3.63, 3.8) is 0 Å². The van der Waals surface area contributed by atoms with Crippen LogP contribution in [-0.2, 0) is 4.79 Å². The number of rotatable bonds is 5. The Hall–Kier alpha value is -3.19. The van der Waals surface area contributed by atoms with Crippen LogP contribution in [0.15, 0.2) is 42.5 Å². The zero-order chi connectivity index (χ0) is 18.8. The molecule has 0 atom stereocenters. The van der Waals surface area contributed by atoms with Gasteiger partial charge >= 0.3 is 5.97 Å². The maximum absolute atomic E-state index is 12.4. The Bertz CT molecular complexity index is 941. The molecule has 1 heterocycles. The summed E-state index contributed by atoms with van der Waals surface area (Å²) >= 11 is 5.99. The van der Waals surface area contributed by atoms with Gasteiger partial charge in [0.25, 0.3) is 17.7 Å². The van der Waals surface area contributed by atoms with E-state index < -0.39 is 23.7 Å². The van der Waals surface area contributed by atoms with Gasteiger partial charge in [-0.05, 0) is 30.3 Å². The quantitative estimate of drug-likeness (QED) is 0.785. The number of imide groups is 1. The third kappa shape index (κ3) is 3.29. The summed E-state index contributed by atoms with van der Waals surface area (Å²) in [5.41, 5.74) is 0.906. The third-order valence-electron chi connectivity index (χ3n) is 3.90. The van der Waals surface area contributed by atoms with Gasteiger partial charge in [0.15, 0.2) is 0 Å². The van der Waals surface area contributed by atoms with Crippen LogP contribution in [0.1, 0.15) is 37.5 Å². The summed E-state index contributed by atoms with van der Waals surface area (Å²) in [4.78, 5) is 48.4. The zero-order valence-electron chi connectivity index (χ0n) is 13.4.